The highest BCUT2D eigenvalue weighted by Gasteiger charge is 2.27. The van der Waals surface area contributed by atoms with Crippen molar-refractivity contribution in [2.45, 2.75) is 24.9 Å². The van der Waals surface area contributed by atoms with E-state index in [-0.39, 0.29) is 11.7 Å². The molecular weight excluding hydrogens is 294 g/mol. The van der Waals surface area contributed by atoms with Gasteiger partial charge < -0.3 is 20.5 Å². The number of hydrogen-bond acceptors (Lipinski definition) is 4. The Kier molecular flexibility index (Phi) is 5.68. The van der Waals surface area contributed by atoms with Crippen LogP contribution in [0.1, 0.15) is 23.2 Å². The van der Waals surface area contributed by atoms with E-state index in [0.717, 1.165) is 19.4 Å². The molecule has 3 N–H and O–H groups in total. The molecule has 0 aliphatic carbocycles. The third kappa shape index (κ3) is 4.92. The van der Waals surface area contributed by atoms with Crippen LogP contribution < -0.4 is 15.8 Å². The Labute approximate surface area is 127 Å². The van der Waals surface area contributed by atoms with Crippen molar-refractivity contribution in [1.82, 2.24) is 5.32 Å². The average Bonchev–Trinajstić information content (AvgIpc) is 3.05. The Morgan fingerprint density at radius 2 is 2.14 bits per heavy atom. The summed E-state index contributed by atoms with van der Waals surface area (Å²) >= 11 is 0. The maximum atomic E-state index is 13.0. The highest BCUT2D eigenvalue weighted by atomic mass is 19.3. The number of rotatable bonds is 7. The molecule has 0 spiro atoms. The Morgan fingerprint density at radius 3 is 2.73 bits per heavy atom. The number of alkyl halides is 2. The summed E-state index contributed by atoms with van der Waals surface area (Å²) in [6.07, 6.45) is 2.14. The first-order chi connectivity index (χ1) is 10.5. The number of nitrogens with one attached hydrogen (secondary N) is 1. The number of benzene rings is 1. The van der Waals surface area contributed by atoms with Gasteiger partial charge >= 0.3 is 0 Å². The zero-order valence-corrected chi connectivity index (χ0v) is 12.2. The Hall–Kier alpha value is -1.73. The van der Waals surface area contributed by atoms with E-state index in [4.69, 9.17) is 15.2 Å². The van der Waals surface area contributed by atoms with Gasteiger partial charge in [-0.25, -0.2) is 8.78 Å². The van der Waals surface area contributed by atoms with Gasteiger partial charge in [0, 0.05) is 12.2 Å². The summed E-state index contributed by atoms with van der Waals surface area (Å²) < 4.78 is 36.9. The Bertz CT molecular complexity index is 488. The van der Waals surface area contributed by atoms with E-state index >= 15 is 0 Å². The molecule has 1 amide bonds. The molecule has 0 saturated carbocycles. The first-order valence-electron chi connectivity index (χ1n) is 7.21. The molecule has 5 nitrogen and oxygen atoms in total. The normalized spacial score (nSPS) is 18.2. The molecule has 2 rings (SSSR count). The molecule has 122 valence electrons. The smallest absolute Gasteiger partial charge is 0.277 e. The molecule has 1 saturated heterocycles. The fourth-order valence-electron chi connectivity index (χ4n) is 2.05. The van der Waals surface area contributed by atoms with Gasteiger partial charge in [0.1, 0.15) is 12.4 Å². The molecular formula is C15H20F2N2O3. The highest BCUT2D eigenvalue weighted by molar-refractivity contribution is 5.94. The molecule has 0 radical (unpaired) electrons. The highest BCUT2D eigenvalue weighted by Crippen LogP contribution is 2.17. The predicted molar refractivity (Wildman–Crippen MR) is 77.2 cm³/mol. The van der Waals surface area contributed by atoms with Crippen LogP contribution in [-0.4, -0.2) is 44.2 Å². The Morgan fingerprint density at radius 1 is 1.41 bits per heavy atom. The van der Waals surface area contributed by atoms with Crippen LogP contribution in [0.5, 0.6) is 5.75 Å². The molecule has 0 bridgehead atoms. The molecule has 22 heavy (non-hydrogen) atoms. The lowest BCUT2D eigenvalue weighted by Crippen LogP contribution is -2.41. The van der Waals surface area contributed by atoms with Gasteiger partial charge in [-0.1, -0.05) is 0 Å². The van der Waals surface area contributed by atoms with Gasteiger partial charge in [-0.15, -0.1) is 0 Å². The van der Waals surface area contributed by atoms with E-state index in [1.54, 1.807) is 12.1 Å². The van der Waals surface area contributed by atoms with Crippen molar-refractivity contribution in [3.63, 3.8) is 0 Å². The summed E-state index contributed by atoms with van der Waals surface area (Å²) in [4.78, 5) is 11.7. The van der Waals surface area contributed by atoms with E-state index in [9.17, 15) is 13.6 Å². The van der Waals surface area contributed by atoms with Gasteiger partial charge in [0.05, 0.1) is 19.2 Å². The van der Waals surface area contributed by atoms with Crippen molar-refractivity contribution in [2.24, 2.45) is 5.73 Å². The van der Waals surface area contributed by atoms with Gasteiger partial charge in [-0.05, 0) is 37.1 Å². The van der Waals surface area contributed by atoms with Crippen molar-refractivity contribution in [3.8, 4) is 5.75 Å². The lowest BCUT2D eigenvalue weighted by atomic mass is 10.2. The summed E-state index contributed by atoms with van der Waals surface area (Å²) in [7, 11) is 0. The van der Waals surface area contributed by atoms with Crippen molar-refractivity contribution in [1.29, 1.82) is 0 Å². The fraction of sp³-hybridized carbons (Fsp3) is 0.533. The largest absolute Gasteiger partial charge is 0.491 e. The van der Waals surface area contributed by atoms with E-state index in [0.29, 0.717) is 12.4 Å². The molecule has 1 aliphatic rings. The van der Waals surface area contributed by atoms with Crippen molar-refractivity contribution < 1.29 is 23.0 Å². The third-order valence-corrected chi connectivity index (χ3v) is 3.38. The summed E-state index contributed by atoms with van der Waals surface area (Å²) in [5.74, 6) is -3.06. The zero-order valence-electron chi connectivity index (χ0n) is 12.2. The number of carbonyl (C=O) groups excluding carboxylic acids is 1. The monoisotopic (exact) mass is 314 g/mol. The summed E-state index contributed by atoms with van der Waals surface area (Å²) in [5, 5.41) is 2.16. The number of amides is 1. The quantitative estimate of drug-likeness (QED) is 0.801. The second kappa shape index (κ2) is 7.51. The third-order valence-electron chi connectivity index (χ3n) is 3.38. The van der Waals surface area contributed by atoms with Crippen LogP contribution in [0.15, 0.2) is 24.3 Å². The van der Waals surface area contributed by atoms with E-state index in [2.05, 4.69) is 5.32 Å². The number of halogens is 2. The van der Waals surface area contributed by atoms with Gasteiger partial charge in [0.25, 0.3) is 11.8 Å². The van der Waals surface area contributed by atoms with Crippen molar-refractivity contribution in [2.75, 3.05) is 26.3 Å². The minimum atomic E-state index is -3.10. The van der Waals surface area contributed by atoms with Crippen LogP contribution in [0.4, 0.5) is 8.78 Å². The molecule has 1 aromatic rings. The van der Waals surface area contributed by atoms with Gasteiger partial charge in [0.2, 0.25) is 0 Å². The molecule has 0 aromatic heterocycles. The second-order valence-electron chi connectivity index (χ2n) is 5.21. The van der Waals surface area contributed by atoms with Crippen molar-refractivity contribution in [3.05, 3.63) is 29.8 Å². The maximum absolute atomic E-state index is 13.0. The zero-order chi connectivity index (χ0) is 16.0. The standard InChI is InChI=1S/C15H20F2N2O3/c16-15(17,9-18)10-19-14(20)11-3-5-12(6-4-11)22-8-13-2-1-7-21-13/h3-6,13H,1-2,7-10,18H2,(H,19,20). The summed E-state index contributed by atoms with van der Waals surface area (Å²) in [5.41, 5.74) is 5.20. The predicted octanol–water partition coefficient (Wildman–Crippen LogP) is 1.57. The SMILES string of the molecule is NCC(F)(F)CNC(=O)c1ccc(OCC2CCCO2)cc1. The Balaban J connectivity index is 1.81. The summed E-state index contributed by atoms with van der Waals surface area (Å²) in [6, 6.07) is 6.32. The lowest BCUT2D eigenvalue weighted by Gasteiger charge is -2.15. The molecule has 1 unspecified atom stereocenters. The van der Waals surface area contributed by atoms with Crippen LogP contribution in [0.25, 0.3) is 0 Å². The summed E-state index contributed by atoms with van der Waals surface area (Å²) in [6.45, 7) is -0.349. The van der Waals surface area contributed by atoms with Crippen LogP contribution in [-0.2, 0) is 4.74 Å². The lowest BCUT2D eigenvalue weighted by molar-refractivity contribution is 0.0118. The number of ether oxygens (including phenoxy) is 2. The van der Waals surface area contributed by atoms with Crippen LogP contribution in [0.2, 0.25) is 0 Å². The number of nitrogens with two attached hydrogens (primary N) is 1. The van der Waals surface area contributed by atoms with Crippen LogP contribution in [0, 0.1) is 0 Å². The van der Waals surface area contributed by atoms with E-state index < -0.39 is 24.9 Å². The fourth-order valence-corrected chi connectivity index (χ4v) is 2.05. The van der Waals surface area contributed by atoms with Crippen LogP contribution in [0.3, 0.4) is 0 Å². The van der Waals surface area contributed by atoms with Gasteiger partial charge in [-0.2, -0.15) is 0 Å². The maximum Gasteiger partial charge on any atom is 0.277 e. The van der Waals surface area contributed by atoms with E-state index in [1.807, 2.05) is 0 Å². The van der Waals surface area contributed by atoms with Crippen LogP contribution >= 0.6 is 0 Å². The minimum absolute atomic E-state index is 0.112. The van der Waals surface area contributed by atoms with Gasteiger partial charge in [0.15, 0.2) is 0 Å². The van der Waals surface area contributed by atoms with Crippen molar-refractivity contribution >= 4 is 5.91 Å². The molecule has 1 aromatic carbocycles. The topological polar surface area (TPSA) is 73.6 Å². The molecule has 1 fully saturated rings. The van der Waals surface area contributed by atoms with E-state index in [1.165, 1.54) is 12.1 Å². The minimum Gasteiger partial charge on any atom is -0.491 e. The first kappa shape index (κ1) is 16.6. The molecule has 1 heterocycles. The molecule has 1 aliphatic heterocycles. The molecule has 1 atom stereocenters. The molecule has 7 heteroatoms. The number of hydrogen-bond donors (Lipinski definition) is 2. The average molecular weight is 314 g/mol. The second-order valence-corrected chi connectivity index (χ2v) is 5.21. The van der Waals surface area contributed by atoms with Gasteiger partial charge in [-0.3, -0.25) is 4.79 Å². The number of carbonyl (C=O) groups is 1. The first-order valence-corrected chi connectivity index (χ1v) is 7.21.